The van der Waals surface area contributed by atoms with E-state index in [9.17, 15) is 4.79 Å². The molecule has 3 heterocycles. The average molecular weight is 349 g/mol. The summed E-state index contributed by atoms with van der Waals surface area (Å²) in [5, 5.41) is 7.61. The number of carbonyl (C=O) groups excluding carboxylic acids is 1. The summed E-state index contributed by atoms with van der Waals surface area (Å²) in [6.07, 6.45) is 3.69. The maximum atomic E-state index is 12.5. The van der Waals surface area contributed by atoms with Crippen molar-refractivity contribution in [3.63, 3.8) is 0 Å². The topological polar surface area (TPSA) is 72.7 Å². The molecule has 0 aliphatic heterocycles. The summed E-state index contributed by atoms with van der Waals surface area (Å²) < 4.78 is 1.67. The number of aromatic nitrogens is 4. The van der Waals surface area contributed by atoms with Crippen LogP contribution >= 0.6 is 0 Å². The molecule has 0 aromatic carbocycles. The summed E-state index contributed by atoms with van der Waals surface area (Å²) in [7, 11) is 0. The zero-order valence-electron chi connectivity index (χ0n) is 15.5. The summed E-state index contributed by atoms with van der Waals surface area (Å²) in [5.74, 6) is 1.15. The first-order valence-corrected chi connectivity index (χ1v) is 8.56. The number of aryl methyl sites for hydroxylation is 1. The lowest BCUT2D eigenvalue weighted by atomic mass is 9.92. The molecule has 0 radical (unpaired) electrons. The van der Waals surface area contributed by atoms with Crippen LogP contribution in [0.5, 0.6) is 0 Å². The molecule has 3 aromatic rings. The van der Waals surface area contributed by atoms with Crippen LogP contribution < -0.4 is 5.32 Å². The van der Waals surface area contributed by atoms with Crippen molar-refractivity contribution in [1.29, 1.82) is 0 Å². The van der Waals surface area contributed by atoms with Crippen LogP contribution in [0.25, 0.3) is 5.82 Å². The van der Waals surface area contributed by atoms with Gasteiger partial charge in [0.05, 0.1) is 12.1 Å². The van der Waals surface area contributed by atoms with Crippen LogP contribution in [0, 0.1) is 6.92 Å². The molecular weight excluding hydrogens is 326 g/mol. The van der Waals surface area contributed by atoms with Crippen molar-refractivity contribution in [1.82, 2.24) is 19.7 Å². The summed E-state index contributed by atoms with van der Waals surface area (Å²) in [6, 6.07) is 11.3. The molecule has 0 aliphatic carbocycles. The van der Waals surface area contributed by atoms with Gasteiger partial charge in [-0.05, 0) is 30.7 Å². The SMILES string of the molecule is Cc1ccc(CC(=O)Nc2cc(C(C)(C)C)nn2-c2ccccn2)cn1. The number of nitrogens with zero attached hydrogens (tertiary/aromatic N) is 4. The minimum Gasteiger partial charge on any atom is -0.310 e. The molecule has 1 N–H and O–H groups in total. The molecule has 0 saturated heterocycles. The number of anilines is 1. The number of nitrogens with one attached hydrogen (secondary N) is 1. The monoisotopic (exact) mass is 349 g/mol. The highest BCUT2D eigenvalue weighted by atomic mass is 16.1. The lowest BCUT2D eigenvalue weighted by molar-refractivity contribution is -0.115. The Bertz CT molecular complexity index is 892. The highest BCUT2D eigenvalue weighted by molar-refractivity contribution is 5.91. The van der Waals surface area contributed by atoms with Gasteiger partial charge in [0.25, 0.3) is 0 Å². The van der Waals surface area contributed by atoms with E-state index < -0.39 is 0 Å². The largest absolute Gasteiger partial charge is 0.310 e. The van der Waals surface area contributed by atoms with Gasteiger partial charge in [0.15, 0.2) is 5.82 Å². The maximum absolute atomic E-state index is 12.5. The molecule has 0 saturated carbocycles. The van der Waals surface area contributed by atoms with Crippen LogP contribution in [-0.2, 0) is 16.6 Å². The van der Waals surface area contributed by atoms with Gasteiger partial charge in [-0.2, -0.15) is 9.78 Å². The van der Waals surface area contributed by atoms with E-state index in [-0.39, 0.29) is 17.7 Å². The fourth-order valence-electron chi connectivity index (χ4n) is 2.47. The molecule has 1 amide bonds. The van der Waals surface area contributed by atoms with Crippen LogP contribution in [0.3, 0.4) is 0 Å². The number of rotatable bonds is 4. The molecule has 0 unspecified atom stereocenters. The number of carbonyl (C=O) groups is 1. The first-order chi connectivity index (χ1) is 12.3. The Morgan fingerprint density at radius 1 is 1.15 bits per heavy atom. The predicted octanol–water partition coefficient (Wildman–Crippen LogP) is 3.45. The molecule has 3 rings (SSSR count). The molecule has 0 atom stereocenters. The van der Waals surface area contributed by atoms with E-state index >= 15 is 0 Å². The summed E-state index contributed by atoms with van der Waals surface area (Å²) in [6.45, 7) is 8.17. The Balaban J connectivity index is 1.87. The summed E-state index contributed by atoms with van der Waals surface area (Å²) >= 11 is 0. The highest BCUT2D eigenvalue weighted by Crippen LogP contribution is 2.25. The van der Waals surface area contributed by atoms with Crippen molar-refractivity contribution in [2.45, 2.75) is 39.5 Å². The highest BCUT2D eigenvalue weighted by Gasteiger charge is 2.21. The standard InChI is InChI=1S/C20H23N5O/c1-14-8-9-15(13-22-14)11-19(26)23-18-12-16(20(2,3)4)24-25(18)17-7-5-6-10-21-17/h5-10,12-13H,11H2,1-4H3,(H,23,26). The van der Waals surface area contributed by atoms with Crippen molar-refractivity contribution in [2.75, 3.05) is 5.32 Å². The van der Waals surface area contributed by atoms with Gasteiger partial charge in [-0.3, -0.25) is 9.78 Å². The van der Waals surface area contributed by atoms with E-state index in [1.54, 1.807) is 17.1 Å². The Morgan fingerprint density at radius 2 is 1.96 bits per heavy atom. The Morgan fingerprint density at radius 3 is 2.58 bits per heavy atom. The molecule has 0 aliphatic rings. The smallest absolute Gasteiger partial charge is 0.230 e. The molecule has 0 fully saturated rings. The molecule has 134 valence electrons. The fraction of sp³-hybridized carbons (Fsp3) is 0.300. The normalized spacial score (nSPS) is 11.4. The molecule has 0 bridgehead atoms. The van der Waals surface area contributed by atoms with Crippen LogP contribution in [0.1, 0.15) is 37.7 Å². The van der Waals surface area contributed by atoms with Gasteiger partial charge in [0, 0.05) is 29.6 Å². The van der Waals surface area contributed by atoms with Crippen molar-refractivity contribution in [2.24, 2.45) is 0 Å². The number of hydrogen-bond donors (Lipinski definition) is 1. The van der Waals surface area contributed by atoms with Gasteiger partial charge in [0.2, 0.25) is 5.91 Å². The van der Waals surface area contributed by atoms with E-state index in [1.165, 1.54) is 0 Å². The van der Waals surface area contributed by atoms with Gasteiger partial charge < -0.3 is 5.32 Å². The minimum absolute atomic E-state index is 0.117. The average Bonchev–Trinajstić information content (AvgIpc) is 3.02. The van der Waals surface area contributed by atoms with Crippen LogP contribution in [0.2, 0.25) is 0 Å². The van der Waals surface area contributed by atoms with E-state index in [0.717, 1.165) is 17.0 Å². The van der Waals surface area contributed by atoms with E-state index in [4.69, 9.17) is 0 Å². The molecule has 26 heavy (non-hydrogen) atoms. The second-order valence-corrected chi connectivity index (χ2v) is 7.30. The first-order valence-electron chi connectivity index (χ1n) is 8.56. The zero-order valence-corrected chi connectivity index (χ0v) is 15.5. The second kappa shape index (κ2) is 7.07. The van der Waals surface area contributed by atoms with Crippen molar-refractivity contribution >= 4 is 11.7 Å². The van der Waals surface area contributed by atoms with Crippen molar-refractivity contribution < 1.29 is 4.79 Å². The molecule has 6 nitrogen and oxygen atoms in total. The Hall–Kier alpha value is -3.02. The second-order valence-electron chi connectivity index (χ2n) is 7.30. The first kappa shape index (κ1) is 17.8. The molecule has 6 heteroatoms. The number of pyridine rings is 2. The van der Waals surface area contributed by atoms with Crippen molar-refractivity contribution in [3.05, 3.63) is 65.7 Å². The predicted molar refractivity (Wildman–Crippen MR) is 101 cm³/mol. The van der Waals surface area contributed by atoms with E-state index in [2.05, 4.69) is 41.2 Å². The van der Waals surface area contributed by atoms with Crippen LogP contribution in [0.4, 0.5) is 5.82 Å². The minimum atomic E-state index is -0.139. The summed E-state index contributed by atoms with van der Waals surface area (Å²) in [5.41, 5.74) is 2.54. The third-order valence-corrected chi connectivity index (χ3v) is 3.95. The zero-order chi connectivity index (χ0) is 18.7. The van der Waals surface area contributed by atoms with Gasteiger partial charge in [0.1, 0.15) is 5.82 Å². The summed E-state index contributed by atoms with van der Waals surface area (Å²) in [4.78, 5) is 21.1. The lowest BCUT2D eigenvalue weighted by Crippen LogP contribution is -2.17. The maximum Gasteiger partial charge on any atom is 0.230 e. The lowest BCUT2D eigenvalue weighted by Gasteiger charge is -2.13. The van der Waals surface area contributed by atoms with Crippen LogP contribution in [-0.4, -0.2) is 25.7 Å². The van der Waals surface area contributed by atoms with E-state index in [1.807, 2.05) is 43.3 Å². The van der Waals surface area contributed by atoms with Gasteiger partial charge in [-0.25, -0.2) is 4.98 Å². The number of hydrogen-bond acceptors (Lipinski definition) is 4. The van der Waals surface area contributed by atoms with Crippen LogP contribution in [0.15, 0.2) is 48.8 Å². The number of amides is 1. The fourth-order valence-corrected chi connectivity index (χ4v) is 2.47. The molecular formula is C20H23N5O. The third-order valence-electron chi connectivity index (χ3n) is 3.95. The Kier molecular flexibility index (Phi) is 4.84. The van der Waals surface area contributed by atoms with Gasteiger partial charge >= 0.3 is 0 Å². The molecule has 0 spiro atoms. The van der Waals surface area contributed by atoms with Gasteiger partial charge in [-0.15, -0.1) is 0 Å². The third kappa shape index (κ3) is 4.14. The quantitative estimate of drug-likeness (QED) is 0.783. The van der Waals surface area contributed by atoms with Gasteiger partial charge in [-0.1, -0.05) is 32.9 Å². The van der Waals surface area contributed by atoms with Crippen molar-refractivity contribution in [3.8, 4) is 5.82 Å². The Labute approximate surface area is 153 Å². The molecule has 3 aromatic heterocycles. The van der Waals surface area contributed by atoms with E-state index in [0.29, 0.717) is 11.6 Å².